The Morgan fingerprint density at radius 1 is 1.07 bits per heavy atom. The summed E-state index contributed by atoms with van der Waals surface area (Å²) in [5.41, 5.74) is -0.697. The van der Waals surface area contributed by atoms with Crippen LogP contribution in [0.3, 0.4) is 0 Å². The van der Waals surface area contributed by atoms with E-state index in [0.29, 0.717) is 6.04 Å². The van der Waals surface area contributed by atoms with E-state index in [0.717, 1.165) is 18.1 Å². The van der Waals surface area contributed by atoms with Gasteiger partial charge in [0.25, 0.3) is 0 Å². The number of rotatable bonds is 7. The van der Waals surface area contributed by atoms with Crippen LogP contribution in [-0.2, 0) is 4.12 Å². The van der Waals surface area contributed by atoms with Crippen molar-refractivity contribution < 1.29 is 14.0 Å². The average Bonchev–Trinajstić information content (AvgIpc) is 2.25. The SMILES string of the molecule is CC[Si](CC)(CC)O[Si](C)(CC)C(=O)O. The van der Waals surface area contributed by atoms with Crippen LogP contribution in [0.5, 0.6) is 0 Å². The number of hydrogen-bond acceptors (Lipinski definition) is 2. The molecule has 0 aromatic rings. The maximum absolute atomic E-state index is 11.2. The highest BCUT2D eigenvalue weighted by molar-refractivity contribution is 7.03. The molecular weight excluding hydrogens is 224 g/mol. The van der Waals surface area contributed by atoms with E-state index in [1.807, 2.05) is 13.5 Å². The first-order valence-corrected chi connectivity index (χ1v) is 11.0. The van der Waals surface area contributed by atoms with Crippen molar-refractivity contribution in [3.05, 3.63) is 0 Å². The molecule has 15 heavy (non-hydrogen) atoms. The molecule has 0 saturated heterocycles. The normalized spacial score (nSPS) is 16.1. The van der Waals surface area contributed by atoms with Crippen LogP contribution < -0.4 is 0 Å². The standard InChI is InChI=1S/C10H24O3Si2/c1-6-14(5,10(11)12)13-15(7-2,8-3)9-4/h6-9H2,1-5H3,(H,11,12). The van der Waals surface area contributed by atoms with Gasteiger partial charge < -0.3 is 9.22 Å². The number of carboxylic acid groups (broad SMARTS) is 1. The van der Waals surface area contributed by atoms with Crippen LogP contribution in [0, 0.1) is 0 Å². The molecule has 0 fully saturated rings. The quantitative estimate of drug-likeness (QED) is 0.696. The first kappa shape index (κ1) is 14.9. The minimum Gasteiger partial charge on any atom is -0.484 e. The van der Waals surface area contributed by atoms with Crippen LogP contribution in [0.25, 0.3) is 0 Å². The Kier molecular flexibility index (Phi) is 5.76. The highest BCUT2D eigenvalue weighted by atomic mass is 28.4. The van der Waals surface area contributed by atoms with Crippen molar-refractivity contribution >= 4 is 22.2 Å². The van der Waals surface area contributed by atoms with E-state index in [1.165, 1.54) is 0 Å². The summed E-state index contributed by atoms with van der Waals surface area (Å²) in [6, 6.07) is 3.73. The van der Waals surface area contributed by atoms with Gasteiger partial charge >= 0.3 is 13.9 Å². The minimum absolute atomic E-state index is 0.664. The summed E-state index contributed by atoms with van der Waals surface area (Å²) in [5, 5.41) is 9.24. The Morgan fingerprint density at radius 2 is 1.47 bits per heavy atom. The zero-order valence-electron chi connectivity index (χ0n) is 10.6. The Morgan fingerprint density at radius 3 is 1.67 bits per heavy atom. The monoisotopic (exact) mass is 248 g/mol. The van der Waals surface area contributed by atoms with Crippen molar-refractivity contribution in [1.82, 2.24) is 0 Å². The molecule has 0 aliphatic rings. The maximum atomic E-state index is 11.2. The molecule has 0 rings (SSSR count). The Bertz CT molecular complexity index is 208. The molecule has 1 N–H and O–H groups in total. The second-order valence-electron chi connectivity index (χ2n) is 4.24. The van der Waals surface area contributed by atoms with E-state index in [9.17, 15) is 9.90 Å². The predicted octanol–water partition coefficient (Wildman–Crippen LogP) is 3.86. The maximum Gasteiger partial charge on any atom is 0.304 e. The van der Waals surface area contributed by atoms with Gasteiger partial charge in [-0.3, -0.25) is 4.79 Å². The molecule has 1 atom stereocenters. The summed E-state index contributed by atoms with van der Waals surface area (Å²) < 4.78 is 6.16. The van der Waals surface area contributed by atoms with Crippen molar-refractivity contribution in [3.8, 4) is 0 Å². The lowest BCUT2D eigenvalue weighted by Crippen LogP contribution is -2.53. The largest absolute Gasteiger partial charge is 0.484 e. The van der Waals surface area contributed by atoms with Crippen molar-refractivity contribution in [1.29, 1.82) is 0 Å². The molecule has 0 aliphatic carbocycles. The third kappa shape index (κ3) is 3.43. The first-order valence-electron chi connectivity index (χ1n) is 5.83. The molecule has 0 amide bonds. The molecule has 0 radical (unpaired) electrons. The number of hydrogen-bond donors (Lipinski definition) is 1. The van der Waals surface area contributed by atoms with Gasteiger partial charge in [-0.05, 0) is 30.7 Å². The molecule has 3 nitrogen and oxygen atoms in total. The highest BCUT2D eigenvalue weighted by Gasteiger charge is 2.44. The van der Waals surface area contributed by atoms with E-state index < -0.39 is 22.2 Å². The second-order valence-corrected chi connectivity index (χ2v) is 13.1. The zero-order valence-corrected chi connectivity index (χ0v) is 12.6. The molecule has 0 aliphatic heterocycles. The Balaban J connectivity index is 4.85. The molecule has 0 aromatic heterocycles. The lowest BCUT2D eigenvalue weighted by atomic mass is 10.9. The van der Waals surface area contributed by atoms with Gasteiger partial charge in [-0.25, -0.2) is 0 Å². The van der Waals surface area contributed by atoms with Gasteiger partial charge in [-0.15, -0.1) is 0 Å². The number of carbonyl (C=O) groups is 1. The highest BCUT2D eigenvalue weighted by Crippen LogP contribution is 2.28. The van der Waals surface area contributed by atoms with Crippen LogP contribution in [0.15, 0.2) is 0 Å². The van der Waals surface area contributed by atoms with Gasteiger partial charge in [-0.2, -0.15) is 0 Å². The molecule has 0 heterocycles. The third-order valence-corrected chi connectivity index (χ3v) is 13.2. The van der Waals surface area contributed by atoms with Crippen LogP contribution in [0.2, 0.25) is 30.7 Å². The minimum atomic E-state index is -2.52. The first-order chi connectivity index (χ1) is 6.89. The molecule has 1 unspecified atom stereocenters. The van der Waals surface area contributed by atoms with Gasteiger partial charge in [0.2, 0.25) is 0 Å². The fraction of sp³-hybridized carbons (Fsp3) is 0.900. The topological polar surface area (TPSA) is 46.5 Å². The van der Waals surface area contributed by atoms with Crippen LogP contribution in [0.1, 0.15) is 27.7 Å². The molecule has 0 bridgehead atoms. The summed E-state index contributed by atoms with van der Waals surface area (Å²) >= 11 is 0. The van der Waals surface area contributed by atoms with Gasteiger partial charge in [0.05, 0.1) is 0 Å². The van der Waals surface area contributed by atoms with Crippen LogP contribution >= 0.6 is 0 Å². The van der Waals surface area contributed by atoms with Gasteiger partial charge in [-0.1, -0.05) is 27.7 Å². The van der Waals surface area contributed by atoms with E-state index in [4.69, 9.17) is 4.12 Å². The Labute approximate surface area is 95.1 Å². The zero-order chi connectivity index (χ0) is 12.1. The summed E-state index contributed by atoms with van der Waals surface area (Å²) in [4.78, 5) is 11.2. The van der Waals surface area contributed by atoms with Gasteiger partial charge in [0.1, 0.15) is 0 Å². The van der Waals surface area contributed by atoms with E-state index in [1.54, 1.807) is 0 Å². The second kappa shape index (κ2) is 5.81. The molecule has 0 spiro atoms. The van der Waals surface area contributed by atoms with Gasteiger partial charge in [0.15, 0.2) is 8.32 Å². The van der Waals surface area contributed by atoms with E-state index in [-0.39, 0.29) is 0 Å². The van der Waals surface area contributed by atoms with Crippen LogP contribution in [0.4, 0.5) is 4.79 Å². The van der Waals surface area contributed by atoms with Gasteiger partial charge in [0, 0.05) is 0 Å². The lowest BCUT2D eigenvalue weighted by Gasteiger charge is -2.36. The smallest absolute Gasteiger partial charge is 0.304 e. The van der Waals surface area contributed by atoms with E-state index >= 15 is 0 Å². The summed E-state index contributed by atoms with van der Waals surface area (Å²) in [6.07, 6.45) is 0. The molecular formula is C10H24O3Si2. The molecule has 0 aromatic carbocycles. The van der Waals surface area contributed by atoms with E-state index in [2.05, 4.69) is 20.8 Å². The fourth-order valence-electron chi connectivity index (χ4n) is 1.71. The lowest BCUT2D eigenvalue weighted by molar-refractivity contribution is 0.213. The summed E-state index contributed by atoms with van der Waals surface area (Å²) in [7, 11) is -4.28. The van der Waals surface area contributed by atoms with Crippen molar-refractivity contribution in [2.75, 3.05) is 0 Å². The third-order valence-electron chi connectivity index (χ3n) is 3.50. The van der Waals surface area contributed by atoms with Crippen molar-refractivity contribution in [2.45, 2.75) is 58.4 Å². The fourth-order valence-corrected chi connectivity index (χ4v) is 10.00. The van der Waals surface area contributed by atoms with Crippen molar-refractivity contribution in [2.24, 2.45) is 0 Å². The molecule has 90 valence electrons. The van der Waals surface area contributed by atoms with Crippen LogP contribution in [-0.4, -0.2) is 27.3 Å². The predicted molar refractivity (Wildman–Crippen MR) is 68.4 cm³/mol. The summed E-state index contributed by atoms with van der Waals surface area (Å²) in [6.45, 7) is 10.2. The molecule has 0 saturated carbocycles. The summed E-state index contributed by atoms with van der Waals surface area (Å²) in [5.74, 6) is 0. The average molecular weight is 248 g/mol. The Hall–Kier alpha value is -0.136. The van der Waals surface area contributed by atoms with Crippen molar-refractivity contribution in [3.63, 3.8) is 0 Å². The molecule has 5 heteroatoms.